The molecule has 0 radical (unpaired) electrons. The molecule has 2 atom stereocenters. The van der Waals surface area contributed by atoms with E-state index in [2.05, 4.69) is 20.9 Å². The van der Waals surface area contributed by atoms with Crippen molar-refractivity contribution in [2.75, 3.05) is 31.3 Å². The number of halogens is 1. The van der Waals surface area contributed by atoms with Crippen LogP contribution in [0.1, 0.15) is 22.3 Å². The lowest BCUT2D eigenvalue weighted by molar-refractivity contribution is -0.129. The van der Waals surface area contributed by atoms with Gasteiger partial charge in [0.15, 0.2) is 6.04 Å². The van der Waals surface area contributed by atoms with E-state index >= 15 is 0 Å². The van der Waals surface area contributed by atoms with Gasteiger partial charge in [-0.05, 0) is 75.5 Å². The van der Waals surface area contributed by atoms with Crippen LogP contribution in [0.25, 0.3) is 0 Å². The number of amides is 3. The first-order valence-corrected chi connectivity index (χ1v) is 10.3. The molecule has 0 fully saturated rings. The second kappa shape index (κ2) is 9.78. The molecule has 174 valence electrons. The molecule has 9 nitrogen and oxygen atoms in total. The number of nitrogens with one attached hydrogen (secondary N) is 3. The van der Waals surface area contributed by atoms with Gasteiger partial charge in [-0.2, -0.15) is 0 Å². The summed E-state index contributed by atoms with van der Waals surface area (Å²) in [5, 5.41) is 8.41. The fraction of sp³-hybridized carbons (Fsp3) is 0.304. The fourth-order valence-electron chi connectivity index (χ4n) is 3.55. The highest BCUT2D eigenvalue weighted by Gasteiger charge is 2.50. The van der Waals surface area contributed by atoms with Crippen molar-refractivity contribution in [3.05, 3.63) is 59.4 Å². The first kappa shape index (κ1) is 23.9. The molecule has 10 heteroatoms. The number of hydrogen-bond acceptors (Lipinski definition) is 6. The third-order valence-electron chi connectivity index (χ3n) is 5.50. The molecule has 2 aromatic carbocycles. The van der Waals surface area contributed by atoms with Gasteiger partial charge < -0.3 is 26.6 Å². The van der Waals surface area contributed by atoms with Crippen LogP contribution < -0.4 is 21.7 Å². The van der Waals surface area contributed by atoms with E-state index in [0.29, 0.717) is 35.5 Å². The molecule has 1 aliphatic rings. The number of rotatable bonds is 8. The number of hydrogen-bond donors (Lipinski definition) is 4. The van der Waals surface area contributed by atoms with Crippen LogP contribution in [0.15, 0.2) is 47.5 Å². The predicted molar refractivity (Wildman–Crippen MR) is 125 cm³/mol. The highest BCUT2D eigenvalue weighted by Crippen LogP contribution is 2.25. The van der Waals surface area contributed by atoms with Gasteiger partial charge in [0, 0.05) is 23.5 Å². The number of aryl methyl sites for hydroxylation is 1. The molecule has 0 saturated heterocycles. The van der Waals surface area contributed by atoms with Gasteiger partial charge in [0.2, 0.25) is 5.91 Å². The number of anilines is 2. The van der Waals surface area contributed by atoms with Gasteiger partial charge in [-0.15, -0.1) is 0 Å². The summed E-state index contributed by atoms with van der Waals surface area (Å²) in [6.45, 7) is 2.31. The summed E-state index contributed by atoms with van der Waals surface area (Å²) in [5.41, 5.74) is 6.37. The van der Waals surface area contributed by atoms with Gasteiger partial charge in [-0.25, -0.2) is 4.39 Å². The molecule has 2 aromatic rings. The number of carbonyl (C=O) groups is 3. The van der Waals surface area contributed by atoms with Crippen LogP contribution in [0.3, 0.4) is 0 Å². The van der Waals surface area contributed by atoms with E-state index in [4.69, 9.17) is 5.73 Å². The molecular formula is C23H27FN6O3. The van der Waals surface area contributed by atoms with Gasteiger partial charge in [0.1, 0.15) is 11.4 Å². The zero-order chi connectivity index (χ0) is 24.2. The van der Waals surface area contributed by atoms with E-state index in [9.17, 15) is 18.8 Å². The lowest BCUT2D eigenvalue weighted by atomic mass is 9.86. The van der Waals surface area contributed by atoms with Crippen molar-refractivity contribution in [1.29, 1.82) is 0 Å². The average molecular weight is 455 g/mol. The molecule has 2 unspecified atom stereocenters. The Morgan fingerprint density at radius 1 is 1.15 bits per heavy atom. The van der Waals surface area contributed by atoms with Crippen LogP contribution in [0.5, 0.6) is 0 Å². The quantitative estimate of drug-likeness (QED) is 0.481. The van der Waals surface area contributed by atoms with Crippen molar-refractivity contribution in [3.63, 3.8) is 0 Å². The van der Waals surface area contributed by atoms with E-state index in [-0.39, 0.29) is 5.91 Å². The van der Waals surface area contributed by atoms with Crippen molar-refractivity contribution in [3.8, 4) is 0 Å². The minimum Gasteiger partial charge on any atom is -0.368 e. The standard InChI is InChI=1S/C23H27FN6O3/c1-14-12-17(8-9-18(14)29-20(31)15-4-6-16(24)7-5-15)28-21(32)19-23(22(25)33,27-13-26-19)10-11-30(2)3/h4-9,12-13,19H,10-11H2,1-3H3,(H2,25,33)(H,26,27)(H,28,32)(H,29,31). The fourth-order valence-corrected chi connectivity index (χ4v) is 3.55. The number of carbonyl (C=O) groups excluding carboxylic acids is 3. The second-order valence-corrected chi connectivity index (χ2v) is 8.19. The number of nitrogens with zero attached hydrogens (tertiary/aromatic N) is 2. The Morgan fingerprint density at radius 3 is 2.45 bits per heavy atom. The van der Waals surface area contributed by atoms with Crippen LogP contribution in [0.2, 0.25) is 0 Å². The Kier molecular flexibility index (Phi) is 7.07. The Morgan fingerprint density at radius 2 is 1.85 bits per heavy atom. The number of nitrogens with two attached hydrogens (primary N) is 1. The maximum Gasteiger partial charge on any atom is 0.255 e. The molecule has 0 aliphatic carbocycles. The van der Waals surface area contributed by atoms with E-state index in [0.717, 1.165) is 0 Å². The lowest BCUT2D eigenvalue weighted by Gasteiger charge is -2.31. The molecule has 0 aromatic heterocycles. The normalized spacial score (nSPS) is 19.2. The van der Waals surface area contributed by atoms with E-state index in [1.165, 1.54) is 30.6 Å². The Hall–Kier alpha value is -3.79. The summed E-state index contributed by atoms with van der Waals surface area (Å²) in [4.78, 5) is 43.7. The van der Waals surface area contributed by atoms with Crippen molar-refractivity contribution in [1.82, 2.24) is 10.2 Å². The van der Waals surface area contributed by atoms with Gasteiger partial charge in [-0.1, -0.05) is 0 Å². The first-order valence-electron chi connectivity index (χ1n) is 10.3. The lowest BCUT2D eigenvalue weighted by Crippen LogP contribution is -2.62. The Bertz CT molecular complexity index is 1090. The largest absolute Gasteiger partial charge is 0.368 e. The number of aliphatic imine (C=N–C) groups is 1. The number of benzene rings is 2. The molecule has 1 aliphatic heterocycles. The van der Waals surface area contributed by atoms with Crippen molar-refractivity contribution in [2.24, 2.45) is 10.7 Å². The molecule has 3 amide bonds. The van der Waals surface area contributed by atoms with E-state index in [1.54, 1.807) is 25.1 Å². The minimum absolute atomic E-state index is 0.306. The highest BCUT2D eigenvalue weighted by atomic mass is 19.1. The molecular weight excluding hydrogens is 427 g/mol. The summed E-state index contributed by atoms with van der Waals surface area (Å²) in [6, 6.07) is 9.16. The molecule has 0 saturated carbocycles. The number of primary amides is 1. The van der Waals surface area contributed by atoms with Crippen molar-refractivity contribution < 1.29 is 18.8 Å². The minimum atomic E-state index is -1.31. The second-order valence-electron chi connectivity index (χ2n) is 8.19. The van der Waals surface area contributed by atoms with Crippen LogP contribution >= 0.6 is 0 Å². The molecule has 0 spiro atoms. The summed E-state index contributed by atoms with van der Waals surface area (Å²) in [6.07, 6.45) is 1.64. The average Bonchev–Trinajstić information content (AvgIpc) is 3.20. The van der Waals surface area contributed by atoms with Gasteiger partial charge >= 0.3 is 0 Å². The topological polar surface area (TPSA) is 129 Å². The predicted octanol–water partition coefficient (Wildman–Crippen LogP) is 1.50. The maximum absolute atomic E-state index is 13.1. The Balaban J connectivity index is 1.71. The third-order valence-corrected chi connectivity index (χ3v) is 5.50. The smallest absolute Gasteiger partial charge is 0.255 e. The zero-order valence-corrected chi connectivity index (χ0v) is 18.7. The SMILES string of the molecule is Cc1cc(NC(=O)C2N=CNC2(CCN(C)C)C(N)=O)ccc1NC(=O)c1ccc(F)cc1. The molecule has 3 rings (SSSR count). The summed E-state index contributed by atoms with van der Waals surface area (Å²) < 4.78 is 13.1. The van der Waals surface area contributed by atoms with Crippen LogP contribution in [-0.2, 0) is 9.59 Å². The zero-order valence-electron chi connectivity index (χ0n) is 18.7. The molecule has 1 heterocycles. The Labute approximate surface area is 191 Å². The third kappa shape index (κ3) is 5.35. The van der Waals surface area contributed by atoms with Gasteiger partial charge in [0.25, 0.3) is 11.8 Å². The molecule has 5 N–H and O–H groups in total. The summed E-state index contributed by atoms with van der Waals surface area (Å²) in [5.74, 6) is -1.94. The summed E-state index contributed by atoms with van der Waals surface area (Å²) >= 11 is 0. The molecule has 0 bridgehead atoms. The summed E-state index contributed by atoms with van der Waals surface area (Å²) in [7, 11) is 3.72. The molecule has 33 heavy (non-hydrogen) atoms. The van der Waals surface area contributed by atoms with Crippen molar-refractivity contribution in [2.45, 2.75) is 24.9 Å². The van der Waals surface area contributed by atoms with Crippen LogP contribution in [-0.4, -0.2) is 61.2 Å². The van der Waals surface area contributed by atoms with Crippen LogP contribution in [0, 0.1) is 12.7 Å². The van der Waals surface area contributed by atoms with Crippen LogP contribution in [0.4, 0.5) is 15.8 Å². The van der Waals surface area contributed by atoms with Crippen molar-refractivity contribution >= 4 is 35.4 Å². The monoisotopic (exact) mass is 454 g/mol. The highest BCUT2D eigenvalue weighted by molar-refractivity contribution is 6.06. The van der Waals surface area contributed by atoms with E-state index < -0.39 is 29.2 Å². The van der Waals surface area contributed by atoms with Gasteiger partial charge in [-0.3, -0.25) is 19.4 Å². The van der Waals surface area contributed by atoms with E-state index in [1.807, 2.05) is 19.0 Å². The maximum atomic E-state index is 13.1. The van der Waals surface area contributed by atoms with Gasteiger partial charge in [0.05, 0.1) is 6.34 Å². The first-order chi connectivity index (χ1) is 15.6.